The summed E-state index contributed by atoms with van der Waals surface area (Å²) in [6.07, 6.45) is 3.71. The molecule has 1 atom stereocenters. The second kappa shape index (κ2) is 4.78. The van der Waals surface area contributed by atoms with Gasteiger partial charge in [-0.15, -0.1) is 0 Å². The van der Waals surface area contributed by atoms with Crippen molar-refractivity contribution < 1.29 is 4.79 Å². The van der Waals surface area contributed by atoms with E-state index in [2.05, 4.69) is 12.2 Å². The van der Waals surface area contributed by atoms with E-state index < -0.39 is 0 Å². The maximum Gasteiger partial charge on any atom is 0.253 e. The lowest BCUT2D eigenvalue weighted by molar-refractivity contribution is 0.0937. The molecule has 0 spiro atoms. The van der Waals surface area contributed by atoms with Crippen LogP contribution in [-0.2, 0) is 0 Å². The number of nitrogens with two attached hydrogens (primary N) is 1. The van der Waals surface area contributed by atoms with Gasteiger partial charge in [-0.2, -0.15) is 0 Å². The lowest BCUT2D eigenvalue weighted by atomic mass is 10.0. The van der Waals surface area contributed by atoms with Crippen molar-refractivity contribution in [2.75, 3.05) is 5.73 Å². The number of carbonyl (C=O) groups excluding carboxylic acids is 1. The van der Waals surface area contributed by atoms with Crippen molar-refractivity contribution in [1.82, 2.24) is 5.32 Å². The van der Waals surface area contributed by atoms with E-state index in [1.807, 2.05) is 19.1 Å². The topological polar surface area (TPSA) is 55.1 Å². The Hall–Kier alpha value is -1.51. The monoisotopic (exact) mass is 232 g/mol. The number of hydrogen-bond acceptors (Lipinski definition) is 2. The highest BCUT2D eigenvalue weighted by Gasteiger charge is 2.24. The summed E-state index contributed by atoms with van der Waals surface area (Å²) in [5.41, 5.74) is 7.96. The van der Waals surface area contributed by atoms with Crippen molar-refractivity contribution in [1.29, 1.82) is 0 Å². The van der Waals surface area contributed by atoms with Gasteiger partial charge in [-0.1, -0.05) is 25.0 Å². The Morgan fingerprint density at radius 1 is 1.53 bits per heavy atom. The van der Waals surface area contributed by atoms with Crippen LogP contribution in [0.25, 0.3) is 0 Å². The highest BCUT2D eigenvalue weighted by atomic mass is 16.1. The normalized spacial score (nSPS) is 16.6. The summed E-state index contributed by atoms with van der Waals surface area (Å²) in [7, 11) is 0. The Bertz CT molecular complexity index is 404. The standard InChI is InChI=1S/C14H20N2O/c1-9-4-3-5-12(15)13(9)14(17)16-10(2)8-11-6-7-11/h3-5,10-11H,6-8,15H2,1-2H3,(H,16,17). The molecule has 1 aliphatic carbocycles. The highest BCUT2D eigenvalue weighted by molar-refractivity contribution is 6.00. The molecule has 0 aliphatic heterocycles. The van der Waals surface area contributed by atoms with Gasteiger partial charge in [-0.25, -0.2) is 0 Å². The van der Waals surface area contributed by atoms with Crippen LogP contribution in [0.5, 0.6) is 0 Å². The van der Waals surface area contributed by atoms with Gasteiger partial charge in [0.25, 0.3) is 5.91 Å². The molecule has 1 saturated carbocycles. The van der Waals surface area contributed by atoms with Gasteiger partial charge in [0, 0.05) is 11.7 Å². The molecule has 1 unspecified atom stereocenters. The zero-order valence-electron chi connectivity index (χ0n) is 10.5. The summed E-state index contributed by atoms with van der Waals surface area (Å²) in [5.74, 6) is 0.772. The van der Waals surface area contributed by atoms with Crippen LogP contribution in [0.1, 0.15) is 42.1 Å². The molecule has 0 saturated heterocycles. The Balaban J connectivity index is 2.03. The second-order valence-corrected chi connectivity index (χ2v) is 5.09. The summed E-state index contributed by atoms with van der Waals surface area (Å²) in [5, 5.41) is 3.03. The number of aryl methyl sites for hydroxylation is 1. The SMILES string of the molecule is Cc1cccc(N)c1C(=O)NC(C)CC1CC1. The van der Waals surface area contributed by atoms with Gasteiger partial charge in [0.05, 0.1) is 5.56 Å². The van der Waals surface area contributed by atoms with Crippen LogP contribution in [0.15, 0.2) is 18.2 Å². The smallest absolute Gasteiger partial charge is 0.253 e. The van der Waals surface area contributed by atoms with Gasteiger partial charge in [-0.3, -0.25) is 4.79 Å². The quantitative estimate of drug-likeness (QED) is 0.784. The number of anilines is 1. The first-order chi connectivity index (χ1) is 8.08. The van der Waals surface area contributed by atoms with E-state index in [1.54, 1.807) is 6.07 Å². The molecule has 1 aromatic rings. The van der Waals surface area contributed by atoms with Gasteiger partial charge in [0.1, 0.15) is 0 Å². The third kappa shape index (κ3) is 2.99. The fourth-order valence-corrected chi connectivity index (χ4v) is 2.21. The van der Waals surface area contributed by atoms with Crippen LogP contribution in [0, 0.1) is 12.8 Å². The highest BCUT2D eigenvalue weighted by Crippen LogP contribution is 2.33. The van der Waals surface area contributed by atoms with Crippen molar-refractivity contribution in [2.24, 2.45) is 5.92 Å². The third-order valence-electron chi connectivity index (χ3n) is 3.29. The molecule has 0 bridgehead atoms. The van der Waals surface area contributed by atoms with Crippen molar-refractivity contribution >= 4 is 11.6 Å². The van der Waals surface area contributed by atoms with E-state index in [4.69, 9.17) is 5.73 Å². The minimum Gasteiger partial charge on any atom is -0.398 e. The van der Waals surface area contributed by atoms with Crippen LogP contribution in [-0.4, -0.2) is 11.9 Å². The summed E-state index contributed by atoms with van der Waals surface area (Å²) >= 11 is 0. The minimum absolute atomic E-state index is 0.0475. The Morgan fingerprint density at radius 3 is 2.82 bits per heavy atom. The van der Waals surface area contributed by atoms with E-state index in [1.165, 1.54) is 12.8 Å². The zero-order chi connectivity index (χ0) is 12.4. The first-order valence-electron chi connectivity index (χ1n) is 6.24. The predicted molar refractivity (Wildman–Crippen MR) is 69.9 cm³/mol. The van der Waals surface area contributed by atoms with E-state index in [0.717, 1.165) is 17.9 Å². The largest absolute Gasteiger partial charge is 0.398 e. The number of benzene rings is 1. The predicted octanol–water partition coefficient (Wildman–Crippen LogP) is 2.50. The molecular formula is C14H20N2O. The number of nitrogens with one attached hydrogen (secondary N) is 1. The van der Waals surface area contributed by atoms with Gasteiger partial charge in [0.15, 0.2) is 0 Å². The second-order valence-electron chi connectivity index (χ2n) is 5.09. The van der Waals surface area contributed by atoms with Crippen LogP contribution in [0.3, 0.4) is 0 Å². The number of carbonyl (C=O) groups is 1. The number of hydrogen-bond donors (Lipinski definition) is 2. The average molecular weight is 232 g/mol. The van der Waals surface area contributed by atoms with Gasteiger partial charge in [0.2, 0.25) is 0 Å². The Morgan fingerprint density at radius 2 is 2.24 bits per heavy atom. The number of amides is 1. The van der Waals surface area contributed by atoms with E-state index in [-0.39, 0.29) is 11.9 Å². The fraction of sp³-hybridized carbons (Fsp3) is 0.500. The molecular weight excluding hydrogens is 212 g/mol. The summed E-state index contributed by atoms with van der Waals surface area (Å²) in [4.78, 5) is 12.1. The maximum atomic E-state index is 12.1. The van der Waals surface area contributed by atoms with Crippen molar-refractivity contribution in [3.63, 3.8) is 0 Å². The minimum atomic E-state index is -0.0475. The Labute approximate surface area is 102 Å². The molecule has 17 heavy (non-hydrogen) atoms. The lowest BCUT2D eigenvalue weighted by Gasteiger charge is -2.15. The molecule has 92 valence electrons. The summed E-state index contributed by atoms with van der Waals surface area (Å²) in [6.45, 7) is 3.97. The summed E-state index contributed by atoms with van der Waals surface area (Å²) < 4.78 is 0. The fourth-order valence-electron chi connectivity index (χ4n) is 2.21. The van der Waals surface area contributed by atoms with Crippen LogP contribution in [0.2, 0.25) is 0 Å². The molecule has 3 heteroatoms. The molecule has 1 fully saturated rings. The van der Waals surface area contributed by atoms with Crippen molar-refractivity contribution in [3.8, 4) is 0 Å². The van der Waals surface area contributed by atoms with Gasteiger partial charge >= 0.3 is 0 Å². The van der Waals surface area contributed by atoms with Crippen LogP contribution < -0.4 is 11.1 Å². The van der Waals surface area contributed by atoms with Crippen LogP contribution in [0.4, 0.5) is 5.69 Å². The molecule has 0 radical (unpaired) electrons. The molecule has 1 aliphatic rings. The first kappa shape index (κ1) is 12.0. The van der Waals surface area contributed by atoms with Crippen molar-refractivity contribution in [2.45, 2.75) is 39.2 Å². The maximum absolute atomic E-state index is 12.1. The molecule has 1 aromatic carbocycles. The van der Waals surface area contributed by atoms with E-state index in [0.29, 0.717) is 11.3 Å². The molecule has 2 rings (SSSR count). The van der Waals surface area contributed by atoms with E-state index >= 15 is 0 Å². The van der Waals surface area contributed by atoms with Crippen LogP contribution >= 0.6 is 0 Å². The first-order valence-corrected chi connectivity index (χ1v) is 6.24. The lowest BCUT2D eigenvalue weighted by Crippen LogP contribution is -2.33. The molecule has 1 amide bonds. The molecule has 3 N–H and O–H groups in total. The third-order valence-corrected chi connectivity index (χ3v) is 3.29. The zero-order valence-corrected chi connectivity index (χ0v) is 10.5. The van der Waals surface area contributed by atoms with Crippen molar-refractivity contribution in [3.05, 3.63) is 29.3 Å². The van der Waals surface area contributed by atoms with E-state index in [9.17, 15) is 4.79 Å². The summed E-state index contributed by atoms with van der Waals surface area (Å²) in [6, 6.07) is 5.79. The van der Waals surface area contributed by atoms with Gasteiger partial charge in [-0.05, 0) is 37.8 Å². The molecule has 3 nitrogen and oxygen atoms in total. The number of rotatable bonds is 4. The number of nitrogen functional groups attached to an aromatic ring is 1. The molecule has 0 heterocycles. The van der Waals surface area contributed by atoms with Gasteiger partial charge < -0.3 is 11.1 Å². The average Bonchev–Trinajstić information content (AvgIpc) is 3.00. The Kier molecular flexibility index (Phi) is 3.36. The molecule has 0 aromatic heterocycles.